The third-order valence-electron chi connectivity index (χ3n) is 1.47. The fourth-order valence-corrected chi connectivity index (χ4v) is 0.830. The highest BCUT2D eigenvalue weighted by Crippen LogP contribution is 2.06. The van der Waals surface area contributed by atoms with Gasteiger partial charge in [0.15, 0.2) is 6.61 Å². The molecule has 1 aromatic rings. The van der Waals surface area contributed by atoms with E-state index in [2.05, 4.69) is 4.74 Å². The van der Waals surface area contributed by atoms with Crippen molar-refractivity contribution in [1.82, 2.24) is 0 Å². The smallest absolute Gasteiger partial charge is 0.341 e. The molecule has 0 bridgehead atoms. The summed E-state index contributed by atoms with van der Waals surface area (Å²) in [6.07, 6.45) is 0. The van der Waals surface area contributed by atoms with Gasteiger partial charge in [0.05, 0.1) is 5.56 Å². The first-order valence-corrected chi connectivity index (χ1v) is 3.84. The molecule has 0 unspecified atom stereocenters. The topological polar surface area (TPSA) is 89.6 Å². The number of esters is 1. The van der Waals surface area contributed by atoms with E-state index in [4.69, 9.17) is 10.8 Å². The van der Waals surface area contributed by atoms with Crippen molar-refractivity contribution in [2.45, 2.75) is 0 Å². The minimum Gasteiger partial charge on any atom is -0.479 e. The van der Waals surface area contributed by atoms with E-state index in [9.17, 15) is 9.59 Å². The molecule has 0 spiro atoms. The van der Waals surface area contributed by atoms with Gasteiger partial charge in [0.25, 0.3) is 0 Å². The Morgan fingerprint density at radius 1 is 1.29 bits per heavy atom. The van der Waals surface area contributed by atoms with Gasteiger partial charge < -0.3 is 15.6 Å². The van der Waals surface area contributed by atoms with Crippen molar-refractivity contribution >= 4 is 17.6 Å². The van der Waals surface area contributed by atoms with Gasteiger partial charge in [0, 0.05) is 5.69 Å². The Hall–Kier alpha value is -2.04. The minimum absolute atomic E-state index is 0.278. The number of ether oxygens (including phenoxy) is 1. The molecular formula is C9H9NO4. The van der Waals surface area contributed by atoms with Gasteiger partial charge in [-0.3, -0.25) is 0 Å². The van der Waals surface area contributed by atoms with Gasteiger partial charge in [-0.25, -0.2) is 9.59 Å². The van der Waals surface area contributed by atoms with Gasteiger partial charge in [0.2, 0.25) is 0 Å². The van der Waals surface area contributed by atoms with Crippen molar-refractivity contribution in [2.24, 2.45) is 0 Å². The maximum absolute atomic E-state index is 11.1. The van der Waals surface area contributed by atoms with E-state index in [1.807, 2.05) is 0 Å². The zero-order valence-corrected chi connectivity index (χ0v) is 7.27. The number of carbonyl (C=O) groups excluding carboxylic acids is 1. The van der Waals surface area contributed by atoms with Crippen LogP contribution in [-0.4, -0.2) is 23.7 Å². The first-order valence-electron chi connectivity index (χ1n) is 3.84. The average molecular weight is 195 g/mol. The highest BCUT2D eigenvalue weighted by Gasteiger charge is 2.08. The van der Waals surface area contributed by atoms with Crippen molar-refractivity contribution in [3.63, 3.8) is 0 Å². The second kappa shape index (κ2) is 4.27. The molecular weight excluding hydrogens is 186 g/mol. The van der Waals surface area contributed by atoms with Crippen LogP contribution in [0, 0.1) is 0 Å². The van der Waals surface area contributed by atoms with Gasteiger partial charge in [-0.15, -0.1) is 0 Å². The number of carboxylic acids is 1. The quantitative estimate of drug-likeness (QED) is 0.541. The molecule has 0 aliphatic rings. The maximum atomic E-state index is 11.1. The molecule has 0 aliphatic heterocycles. The van der Waals surface area contributed by atoms with Crippen LogP contribution >= 0.6 is 0 Å². The lowest BCUT2D eigenvalue weighted by Crippen LogP contribution is -2.13. The Bertz CT molecular complexity index is 344. The van der Waals surface area contributed by atoms with E-state index in [1.54, 1.807) is 0 Å². The SMILES string of the molecule is Nc1ccc(C(=O)OCC(=O)O)cc1. The molecule has 0 aliphatic carbocycles. The minimum atomic E-state index is -1.19. The lowest BCUT2D eigenvalue weighted by molar-refractivity contribution is -0.140. The predicted octanol–water partition coefficient (Wildman–Crippen LogP) is 0.510. The summed E-state index contributed by atoms with van der Waals surface area (Å²) in [5.41, 5.74) is 6.21. The molecule has 1 aromatic carbocycles. The monoisotopic (exact) mass is 195 g/mol. The zero-order valence-electron chi connectivity index (χ0n) is 7.27. The third-order valence-corrected chi connectivity index (χ3v) is 1.47. The first kappa shape index (κ1) is 10.0. The number of benzene rings is 1. The number of anilines is 1. The maximum Gasteiger partial charge on any atom is 0.341 e. The summed E-state index contributed by atoms with van der Waals surface area (Å²) < 4.78 is 4.45. The zero-order chi connectivity index (χ0) is 10.6. The van der Waals surface area contributed by atoms with Crippen LogP contribution in [0.4, 0.5) is 5.69 Å². The summed E-state index contributed by atoms with van der Waals surface area (Å²) >= 11 is 0. The Balaban J connectivity index is 2.61. The normalized spacial score (nSPS) is 9.43. The molecule has 5 nitrogen and oxygen atoms in total. The summed E-state index contributed by atoms with van der Waals surface area (Å²) in [6.45, 7) is -0.636. The van der Waals surface area contributed by atoms with Crippen molar-refractivity contribution in [3.05, 3.63) is 29.8 Å². The van der Waals surface area contributed by atoms with Crippen molar-refractivity contribution in [3.8, 4) is 0 Å². The Kier molecular flexibility index (Phi) is 3.06. The summed E-state index contributed by atoms with van der Waals surface area (Å²) in [5, 5.41) is 8.26. The largest absolute Gasteiger partial charge is 0.479 e. The van der Waals surface area contributed by atoms with E-state index in [0.29, 0.717) is 5.69 Å². The van der Waals surface area contributed by atoms with Gasteiger partial charge >= 0.3 is 11.9 Å². The molecule has 0 radical (unpaired) electrons. The van der Waals surface area contributed by atoms with Crippen LogP contribution in [0.15, 0.2) is 24.3 Å². The Morgan fingerprint density at radius 2 is 1.86 bits per heavy atom. The standard InChI is InChI=1S/C9H9NO4/c10-7-3-1-6(2-4-7)9(13)14-5-8(11)12/h1-4H,5,10H2,(H,11,12). The molecule has 0 heterocycles. The van der Waals surface area contributed by atoms with E-state index in [0.717, 1.165) is 0 Å². The average Bonchev–Trinajstić information content (AvgIpc) is 2.15. The fourth-order valence-electron chi connectivity index (χ4n) is 0.830. The summed E-state index contributed by atoms with van der Waals surface area (Å²) in [7, 11) is 0. The van der Waals surface area contributed by atoms with E-state index in [1.165, 1.54) is 24.3 Å². The van der Waals surface area contributed by atoms with E-state index >= 15 is 0 Å². The van der Waals surface area contributed by atoms with Gasteiger partial charge in [-0.1, -0.05) is 0 Å². The number of nitrogen functional groups attached to an aromatic ring is 1. The summed E-state index contributed by atoms with van der Waals surface area (Å²) in [4.78, 5) is 21.2. The highest BCUT2D eigenvalue weighted by molar-refractivity contribution is 5.90. The number of aliphatic carboxylic acids is 1. The van der Waals surface area contributed by atoms with Gasteiger partial charge in [-0.05, 0) is 24.3 Å². The number of nitrogens with two attached hydrogens (primary N) is 1. The number of rotatable bonds is 3. The Labute approximate surface area is 80.1 Å². The molecule has 5 heteroatoms. The van der Waals surface area contributed by atoms with Gasteiger partial charge in [-0.2, -0.15) is 0 Å². The lowest BCUT2D eigenvalue weighted by Gasteiger charge is -2.01. The van der Waals surface area contributed by atoms with Gasteiger partial charge in [0.1, 0.15) is 0 Å². The third kappa shape index (κ3) is 2.78. The van der Waals surface area contributed by atoms with Crippen LogP contribution in [0.2, 0.25) is 0 Å². The predicted molar refractivity (Wildman–Crippen MR) is 48.8 cm³/mol. The van der Waals surface area contributed by atoms with Crippen LogP contribution < -0.4 is 5.73 Å². The molecule has 0 atom stereocenters. The highest BCUT2D eigenvalue weighted by atomic mass is 16.5. The molecule has 3 N–H and O–H groups in total. The Morgan fingerprint density at radius 3 is 2.36 bits per heavy atom. The molecule has 74 valence electrons. The first-order chi connectivity index (χ1) is 6.59. The number of carbonyl (C=O) groups is 2. The molecule has 0 fully saturated rings. The van der Waals surface area contributed by atoms with Crippen molar-refractivity contribution in [2.75, 3.05) is 12.3 Å². The van der Waals surface area contributed by atoms with Crippen LogP contribution in [0.3, 0.4) is 0 Å². The number of hydrogen-bond acceptors (Lipinski definition) is 4. The molecule has 0 saturated heterocycles. The number of hydrogen-bond donors (Lipinski definition) is 2. The molecule has 14 heavy (non-hydrogen) atoms. The summed E-state index contributed by atoms with van der Waals surface area (Å²) in [6, 6.07) is 6.02. The van der Waals surface area contributed by atoms with Crippen LogP contribution in [0.25, 0.3) is 0 Å². The second-order valence-electron chi connectivity index (χ2n) is 2.59. The lowest BCUT2D eigenvalue weighted by atomic mass is 10.2. The fraction of sp³-hybridized carbons (Fsp3) is 0.111. The van der Waals surface area contributed by atoms with Crippen LogP contribution in [0.1, 0.15) is 10.4 Å². The van der Waals surface area contributed by atoms with E-state index < -0.39 is 18.5 Å². The second-order valence-corrected chi connectivity index (χ2v) is 2.59. The molecule has 0 saturated carbocycles. The molecule has 0 aromatic heterocycles. The molecule has 0 amide bonds. The number of carboxylic acid groups (broad SMARTS) is 1. The van der Waals surface area contributed by atoms with E-state index in [-0.39, 0.29) is 5.56 Å². The van der Waals surface area contributed by atoms with Crippen LogP contribution in [-0.2, 0) is 9.53 Å². The van der Waals surface area contributed by atoms with Crippen molar-refractivity contribution < 1.29 is 19.4 Å². The molecule has 1 rings (SSSR count). The summed E-state index contributed by atoms with van der Waals surface area (Å²) in [5.74, 6) is -1.86. The van der Waals surface area contributed by atoms with Crippen LogP contribution in [0.5, 0.6) is 0 Å². The van der Waals surface area contributed by atoms with Crippen molar-refractivity contribution in [1.29, 1.82) is 0 Å².